The second kappa shape index (κ2) is 5.57. The van der Waals surface area contributed by atoms with Gasteiger partial charge in [-0.2, -0.15) is 21.6 Å². The van der Waals surface area contributed by atoms with Crippen molar-refractivity contribution in [3.63, 3.8) is 0 Å². The summed E-state index contributed by atoms with van der Waals surface area (Å²) in [5, 5.41) is 10.7. The van der Waals surface area contributed by atoms with E-state index in [1.165, 1.54) is 0 Å². The molecule has 0 amide bonds. The van der Waals surface area contributed by atoms with E-state index in [4.69, 9.17) is 4.74 Å². The molecule has 0 unspecified atom stereocenters. The number of alkyl halides is 3. The van der Waals surface area contributed by atoms with E-state index in [1.807, 2.05) is 0 Å². The lowest BCUT2D eigenvalue weighted by Crippen LogP contribution is -2.28. The van der Waals surface area contributed by atoms with Crippen molar-refractivity contribution < 1.29 is 40.4 Å². The molecule has 0 aliphatic carbocycles. The standard InChI is InChI=1S/C10H9F3O6S/c1-2-18-7-3-6(9(14)15)4-8(5-7)19-20(16,17)10(11,12)13/h3-5H,2H2,1H3,(H,14,15)/p-1. The molecule has 1 rings (SSSR count). The van der Waals surface area contributed by atoms with Crippen LogP contribution >= 0.6 is 0 Å². The van der Waals surface area contributed by atoms with Crippen LogP contribution in [-0.4, -0.2) is 26.5 Å². The molecule has 0 bridgehead atoms. The summed E-state index contributed by atoms with van der Waals surface area (Å²) in [5.41, 5.74) is -6.21. The summed E-state index contributed by atoms with van der Waals surface area (Å²) < 4.78 is 66.8. The van der Waals surface area contributed by atoms with Crippen molar-refractivity contribution in [2.75, 3.05) is 6.61 Å². The summed E-state index contributed by atoms with van der Waals surface area (Å²) >= 11 is 0. The third-order valence-corrected chi connectivity index (χ3v) is 2.89. The highest BCUT2D eigenvalue weighted by Crippen LogP contribution is 2.29. The number of hydrogen-bond acceptors (Lipinski definition) is 6. The highest BCUT2D eigenvalue weighted by Gasteiger charge is 2.48. The largest absolute Gasteiger partial charge is 0.545 e. The second-order valence-electron chi connectivity index (χ2n) is 3.40. The number of rotatable bonds is 5. The van der Waals surface area contributed by atoms with Crippen LogP contribution in [0.3, 0.4) is 0 Å². The minimum Gasteiger partial charge on any atom is -0.545 e. The predicted octanol–water partition coefficient (Wildman–Crippen LogP) is 0.677. The molecule has 0 aliphatic rings. The summed E-state index contributed by atoms with van der Waals surface area (Å²) in [6.45, 7) is 1.63. The third kappa shape index (κ3) is 3.76. The van der Waals surface area contributed by atoms with Crippen LogP contribution in [-0.2, 0) is 10.1 Å². The molecule has 20 heavy (non-hydrogen) atoms. The Bertz CT molecular complexity index is 608. The number of hydrogen-bond donors (Lipinski definition) is 0. The van der Waals surface area contributed by atoms with E-state index >= 15 is 0 Å². The first-order valence-electron chi connectivity index (χ1n) is 5.07. The molecule has 0 spiro atoms. The smallest absolute Gasteiger partial charge is 0.534 e. The number of carbonyl (C=O) groups excluding carboxylic acids is 1. The number of carboxylic acids is 1. The Balaban J connectivity index is 3.22. The average molecular weight is 313 g/mol. The number of carboxylic acid groups (broad SMARTS) is 1. The fourth-order valence-electron chi connectivity index (χ4n) is 1.16. The quantitative estimate of drug-likeness (QED) is 0.586. The minimum absolute atomic E-state index is 0.0853. The Labute approximate surface area is 111 Å². The first-order chi connectivity index (χ1) is 9.06. The van der Waals surface area contributed by atoms with Gasteiger partial charge >= 0.3 is 15.6 Å². The lowest BCUT2D eigenvalue weighted by Gasteiger charge is -2.13. The Hall–Kier alpha value is -1.97. The average Bonchev–Trinajstić information content (AvgIpc) is 2.26. The SMILES string of the molecule is CCOc1cc(OS(=O)(=O)C(F)(F)F)cc(C(=O)[O-])c1. The van der Waals surface area contributed by atoms with Gasteiger partial charge in [-0.25, -0.2) is 0 Å². The van der Waals surface area contributed by atoms with E-state index in [1.54, 1.807) is 6.92 Å². The maximum Gasteiger partial charge on any atom is 0.534 e. The highest BCUT2D eigenvalue weighted by atomic mass is 32.2. The van der Waals surface area contributed by atoms with Crippen LogP contribution in [0.15, 0.2) is 18.2 Å². The molecular weight excluding hydrogens is 305 g/mol. The molecule has 1 aromatic rings. The summed E-state index contributed by atoms with van der Waals surface area (Å²) in [5.74, 6) is -2.73. The lowest BCUT2D eigenvalue weighted by atomic mass is 10.2. The van der Waals surface area contributed by atoms with E-state index in [2.05, 4.69) is 4.18 Å². The highest BCUT2D eigenvalue weighted by molar-refractivity contribution is 7.88. The van der Waals surface area contributed by atoms with Gasteiger partial charge in [-0.15, -0.1) is 0 Å². The van der Waals surface area contributed by atoms with Gasteiger partial charge in [0.05, 0.1) is 12.6 Å². The van der Waals surface area contributed by atoms with Crippen LogP contribution in [0.1, 0.15) is 17.3 Å². The molecule has 0 aromatic heterocycles. The van der Waals surface area contributed by atoms with E-state index in [0.29, 0.717) is 6.07 Å². The van der Waals surface area contributed by atoms with Crippen LogP contribution in [0.5, 0.6) is 11.5 Å². The third-order valence-electron chi connectivity index (χ3n) is 1.92. The zero-order valence-electron chi connectivity index (χ0n) is 9.93. The van der Waals surface area contributed by atoms with Crippen molar-refractivity contribution in [3.05, 3.63) is 23.8 Å². The molecule has 0 saturated carbocycles. The predicted molar refractivity (Wildman–Crippen MR) is 57.5 cm³/mol. The molecule has 10 heteroatoms. The van der Waals surface area contributed by atoms with Crippen molar-refractivity contribution in [1.82, 2.24) is 0 Å². The molecule has 0 atom stereocenters. The fraction of sp³-hybridized carbons (Fsp3) is 0.300. The fourth-order valence-corrected chi connectivity index (χ4v) is 1.61. The number of benzene rings is 1. The maximum absolute atomic E-state index is 12.2. The number of halogens is 3. The lowest BCUT2D eigenvalue weighted by molar-refractivity contribution is -0.255. The molecule has 0 N–H and O–H groups in total. The topological polar surface area (TPSA) is 92.7 Å². The molecular formula is C10H8F3O6S-. The molecule has 1 aromatic carbocycles. The first kappa shape index (κ1) is 16.1. The van der Waals surface area contributed by atoms with E-state index in [-0.39, 0.29) is 12.4 Å². The van der Waals surface area contributed by atoms with Gasteiger partial charge in [-0.05, 0) is 19.1 Å². The monoisotopic (exact) mass is 313 g/mol. The molecule has 6 nitrogen and oxygen atoms in total. The molecule has 0 saturated heterocycles. The van der Waals surface area contributed by atoms with Crippen LogP contribution in [0.2, 0.25) is 0 Å². The van der Waals surface area contributed by atoms with E-state index in [9.17, 15) is 31.5 Å². The van der Waals surface area contributed by atoms with Crippen molar-refractivity contribution >= 4 is 16.1 Å². The summed E-state index contributed by atoms with van der Waals surface area (Å²) in [4.78, 5) is 10.7. The summed E-state index contributed by atoms with van der Waals surface area (Å²) in [6.07, 6.45) is 0. The van der Waals surface area contributed by atoms with Gasteiger partial charge in [0, 0.05) is 11.6 Å². The molecule has 112 valence electrons. The Morgan fingerprint density at radius 3 is 2.25 bits per heavy atom. The van der Waals surface area contributed by atoms with Gasteiger partial charge in [0.15, 0.2) is 0 Å². The minimum atomic E-state index is -5.89. The Morgan fingerprint density at radius 1 is 1.25 bits per heavy atom. The van der Waals surface area contributed by atoms with Crippen molar-refractivity contribution in [2.24, 2.45) is 0 Å². The summed E-state index contributed by atoms with van der Waals surface area (Å²) in [6, 6.07) is 2.37. The van der Waals surface area contributed by atoms with Gasteiger partial charge in [-0.1, -0.05) is 0 Å². The number of ether oxygens (including phenoxy) is 1. The molecule has 0 fully saturated rings. The van der Waals surface area contributed by atoms with Crippen molar-refractivity contribution in [3.8, 4) is 11.5 Å². The zero-order valence-corrected chi connectivity index (χ0v) is 10.7. The van der Waals surface area contributed by atoms with Gasteiger partial charge < -0.3 is 18.8 Å². The van der Waals surface area contributed by atoms with Crippen LogP contribution < -0.4 is 14.0 Å². The number of aromatic carboxylic acids is 1. The van der Waals surface area contributed by atoms with E-state index in [0.717, 1.165) is 12.1 Å². The van der Waals surface area contributed by atoms with Crippen molar-refractivity contribution in [1.29, 1.82) is 0 Å². The van der Waals surface area contributed by atoms with Gasteiger partial charge in [0.25, 0.3) is 0 Å². The molecule has 0 radical (unpaired) electrons. The molecule has 0 heterocycles. The van der Waals surface area contributed by atoms with Gasteiger partial charge in [-0.3, -0.25) is 0 Å². The van der Waals surface area contributed by atoms with Crippen molar-refractivity contribution in [2.45, 2.75) is 12.4 Å². The maximum atomic E-state index is 12.2. The Kier molecular flexibility index (Phi) is 4.48. The first-order valence-corrected chi connectivity index (χ1v) is 6.47. The Morgan fingerprint density at radius 2 is 1.80 bits per heavy atom. The molecule has 0 aliphatic heterocycles. The number of carbonyl (C=O) groups is 1. The van der Waals surface area contributed by atoms with E-state index < -0.39 is 32.9 Å². The van der Waals surface area contributed by atoms with Gasteiger partial charge in [0.1, 0.15) is 11.5 Å². The zero-order chi connectivity index (χ0) is 15.6. The second-order valence-corrected chi connectivity index (χ2v) is 4.93. The normalized spacial score (nSPS) is 12.0. The van der Waals surface area contributed by atoms with Gasteiger partial charge in [0.2, 0.25) is 0 Å². The van der Waals surface area contributed by atoms with Crippen LogP contribution in [0.4, 0.5) is 13.2 Å². The van der Waals surface area contributed by atoms with Crippen LogP contribution in [0.25, 0.3) is 0 Å². The summed E-state index contributed by atoms with van der Waals surface area (Å²) in [7, 11) is -5.89. The van der Waals surface area contributed by atoms with Crippen LogP contribution in [0, 0.1) is 0 Å².